The number of halogens is 2. The highest BCUT2D eigenvalue weighted by molar-refractivity contribution is 8.13. The van der Waals surface area contributed by atoms with Crippen molar-refractivity contribution in [2.45, 2.75) is 18.9 Å². The SMILES string of the molecule is CC.O=S(=O)(Cl)c1cccn1-c1ccnc(Cl)n1. The summed E-state index contributed by atoms with van der Waals surface area (Å²) in [5.41, 5.74) is 0. The van der Waals surface area contributed by atoms with Crippen LogP contribution in [0, 0.1) is 0 Å². The van der Waals surface area contributed by atoms with Gasteiger partial charge in [-0.15, -0.1) is 0 Å². The molecule has 0 aromatic carbocycles. The van der Waals surface area contributed by atoms with Gasteiger partial charge in [0.25, 0.3) is 9.05 Å². The van der Waals surface area contributed by atoms with Gasteiger partial charge in [-0.1, -0.05) is 13.8 Å². The molecule has 8 heteroatoms. The van der Waals surface area contributed by atoms with Crippen molar-refractivity contribution < 1.29 is 8.42 Å². The molecule has 2 heterocycles. The van der Waals surface area contributed by atoms with Gasteiger partial charge < -0.3 is 0 Å². The van der Waals surface area contributed by atoms with E-state index in [4.69, 9.17) is 22.3 Å². The number of hydrogen-bond donors (Lipinski definition) is 0. The molecule has 2 aromatic rings. The fourth-order valence-corrected chi connectivity index (χ4v) is 2.36. The van der Waals surface area contributed by atoms with Crippen molar-refractivity contribution >= 4 is 31.3 Å². The molecule has 0 spiro atoms. The van der Waals surface area contributed by atoms with Crippen LogP contribution in [0.1, 0.15) is 13.8 Å². The summed E-state index contributed by atoms with van der Waals surface area (Å²) in [6.07, 6.45) is 2.95. The van der Waals surface area contributed by atoms with Crippen molar-refractivity contribution in [1.29, 1.82) is 0 Å². The third-order valence-corrected chi connectivity index (χ3v) is 3.31. The molecule has 18 heavy (non-hydrogen) atoms. The summed E-state index contributed by atoms with van der Waals surface area (Å²) in [5, 5.41) is -0.0342. The van der Waals surface area contributed by atoms with Crippen molar-refractivity contribution in [3.8, 4) is 5.82 Å². The van der Waals surface area contributed by atoms with Crippen molar-refractivity contribution in [2.24, 2.45) is 0 Å². The average molecular weight is 308 g/mol. The number of nitrogens with zero attached hydrogens (tertiary/aromatic N) is 3. The van der Waals surface area contributed by atoms with Crippen LogP contribution in [0.5, 0.6) is 0 Å². The van der Waals surface area contributed by atoms with Crippen molar-refractivity contribution in [3.63, 3.8) is 0 Å². The molecule has 0 amide bonds. The Morgan fingerprint density at radius 3 is 2.50 bits per heavy atom. The van der Waals surface area contributed by atoms with Gasteiger partial charge in [0.2, 0.25) is 5.28 Å². The van der Waals surface area contributed by atoms with Crippen LogP contribution >= 0.6 is 22.3 Å². The Morgan fingerprint density at radius 1 is 1.28 bits per heavy atom. The zero-order valence-corrected chi connectivity index (χ0v) is 12.0. The molecule has 0 radical (unpaired) electrons. The van der Waals surface area contributed by atoms with Crippen LogP contribution in [0.15, 0.2) is 35.6 Å². The van der Waals surface area contributed by atoms with Gasteiger partial charge in [0, 0.05) is 23.1 Å². The minimum absolute atomic E-state index is 0.0316. The van der Waals surface area contributed by atoms with E-state index in [1.54, 1.807) is 6.07 Å². The highest BCUT2D eigenvalue weighted by atomic mass is 35.7. The smallest absolute Gasteiger partial charge is 0.277 e. The molecule has 0 aliphatic heterocycles. The number of hydrogen-bond acceptors (Lipinski definition) is 4. The predicted molar refractivity (Wildman–Crippen MR) is 70.8 cm³/mol. The summed E-state index contributed by atoms with van der Waals surface area (Å²) >= 11 is 5.61. The molecule has 2 aromatic heterocycles. The Morgan fingerprint density at radius 2 is 1.94 bits per heavy atom. The normalized spacial score (nSPS) is 10.7. The van der Waals surface area contributed by atoms with Crippen LogP contribution in [-0.4, -0.2) is 23.0 Å². The first-order chi connectivity index (χ1) is 8.48. The molecule has 0 fully saturated rings. The fraction of sp³-hybridized carbons (Fsp3) is 0.200. The van der Waals surface area contributed by atoms with Gasteiger partial charge in [-0.2, -0.15) is 4.98 Å². The largest absolute Gasteiger partial charge is 0.291 e. The molecule has 0 saturated heterocycles. The summed E-state index contributed by atoms with van der Waals surface area (Å²) in [6.45, 7) is 4.00. The topological polar surface area (TPSA) is 64.8 Å². The lowest BCUT2D eigenvalue weighted by Crippen LogP contribution is -2.04. The van der Waals surface area contributed by atoms with Crippen molar-refractivity contribution in [3.05, 3.63) is 35.9 Å². The quantitative estimate of drug-likeness (QED) is 0.632. The van der Waals surface area contributed by atoms with Crippen molar-refractivity contribution in [2.75, 3.05) is 0 Å². The van der Waals surface area contributed by atoms with E-state index in [2.05, 4.69) is 9.97 Å². The van der Waals surface area contributed by atoms with E-state index in [0.29, 0.717) is 5.82 Å². The Labute approximate surface area is 115 Å². The number of rotatable bonds is 2. The number of aromatic nitrogens is 3. The van der Waals surface area contributed by atoms with Gasteiger partial charge in [-0.3, -0.25) is 4.57 Å². The van der Waals surface area contributed by atoms with E-state index in [1.165, 1.54) is 29.1 Å². The highest BCUT2D eigenvalue weighted by Gasteiger charge is 2.16. The van der Waals surface area contributed by atoms with E-state index in [0.717, 1.165) is 0 Å². The second-order valence-electron chi connectivity index (χ2n) is 2.84. The molecular formula is C10H11Cl2N3O2S. The Hall–Kier alpha value is -1.11. The maximum atomic E-state index is 11.2. The Bertz CT molecular complexity index is 626. The van der Waals surface area contributed by atoms with Gasteiger partial charge in [0.15, 0.2) is 5.03 Å². The third kappa shape index (κ3) is 3.44. The lowest BCUT2D eigenvalue weighted by molar-refractivity contribution is 0.603. The summed E-state index contributed by atoms with van der Waals surface area (Å²) in [5.74, 6) is 0.337. The van der Waals surface area contributed by atoms with E-state index in [1.807, 2.05) is 13.8 Å². The summed E-state index contributed by atoms with van der Waals surface area (Å²) in [7, 11) is 1.45. The lowest BCUT2D eigenvalue weighted by Gasteiger charge is -2.05. The van der Waals surface area contributed by atoms with E-state index in [-0.39, 0.29) is 10.3 Å². The second-order valence-corrected chi connectivity index (χ2v) is 5.69. The zero-order valence-electron chi connectivity index (χ0n) is 9.71. The first kappa shape index (κ1) is 14.9. The maximum Gasteiger partial charge on any atom is 0.277 e. The van der Waals surface area contributed by atoms with E-state index < -0.39 is 9.05 Å². The van der Waals surface area contributed by atoms with Crippen LogP contribution in [-0.2, 0) is 9.05 Å². The predicted octanol–water partition coefficient (Wildman–Crippen LogP) is 2.87. The van der Waals surface area contributed by atoms with Crippen LogP contribution in [0.2, 0.25) is 5.28 Å². The first-order valence-electron chi connectivity index (χ1n) is 5.09. The van der Waals surface area contributed by atoms with Gasteiger partial charge in [-0.25, -0.2) is 13.4 Å². The molecule has 0 aliphatic rings. The molecule has 0 N–H and O–H groups in total. The second kappa shape index (κ2) is 6.17. The molecule has 0 unspecified atom stereocenters. The fourth-order valence-electron chi connectivity index (χ4n) is 1.21. The molecular weight excluding hydrogens is 297 g/mol. The molecule has 2 rings (SSSR count). The lowest BCUT2D eigenvalue weighted by atomic mass is 10.6. The zero-order chi connectivity index (χ0) is 13.8. The molecule has 5 nitrogen and oxygen atoms in total. The average Bonchev–Trinajstić information content (AvgIpc) is 2.80. The standard InChI is InChI=1S/C8H5Cl2N3O2S.C2H6/c9-8-11-4-3-6(12-8)13-5-1-2-7(13)16(10,14)15;1-2/h1-5H;1-2H3. The van der Waals surface area contributed by atoms with E-state index >= 15 is 0 Å². The van der Waals surface area contributed by atoms with Crippen LogP contribution in [0.25, 0.3) is 5.82 Å². The van der Waals surface area contributed by atoms with Crippen LogP contribution in [0.3, 0.4) is 0 Å². The minimum atomic E-state index is -3.82. The van der Waals surface area contributed by atoms with Gasteiger partial charge in [0.1, 0.15) is 5.82 Å². The summed E-state index contributed by atoms with van der Waals surface area (Å²) in [4.78, 5) is 7.58. The highest BCUT2D eigenvalue weighted by Crippen LogP contribution is 2.19. The van der Waals surface area contributed by atoms with Gasteiger partial charge in [-0.05, 0) is 29.8 Å². The molecule has 0 atom stereocenters. The minimum Gasteiger partial charge on any atom is -0.291 e. The van der Waals surface area contributed by atoms with Gasteiger partial charge in [0.05, 0.1) is 0 Å². The monoisotopic (exact) mass is 307 g/mol. The Balaban J connectivity index is 0.000000771. The molecule has 0 saturated carbocycles. The van der Waals surface area contributed by atoms with Crippen molar-refractivity contribution in [1.82, 2.24) is 14.5 Å². The van der Waals surface area contributed by atoms with E-state index in [9.17, 15) is 8.42 Å². The molecule has 98 valence electrons. The van der Waals surface area contributed by atoms with Gasteiger partial charge >= 0.3 is 0 Å². The molecule has 0 aliphatic carbocycles. The Kier molecular flexibility index (Phi) is 5.13. The maximum absolute atomic E-state index is 11.2. The van der Waals surface area contributed by atoms with Crippen LogP contribution in [0.4, 0.5) is 0 Å². The summed E-state index contributed by atoms with van der Waals surface area (Å²) < 4.78 is 23.8. The first-order valence-corrected chi connectivity index (χ1v) is 7.78. The molecule has 0 bridgehead atoms. The van der Waals surface area contributed by atoms with Crippen LogP contribution < -0.4 is 0 Å². The third-order valence-electron chi connectivity index (χ3n) is 1.82. The summed E-state index contributed by atoms with van der Waals surface area (Å²) in [6, 6.07) is 4.45.